The summed E-state index contributed by atoms with van der Waals surface area (Å²) in [5.74, 6) is -0.925. The largest absolute Gasteiger partial charge is 0.489 e. The molecule has 7 nitrogen and oxygen atoms in total. The summed E-state index contributed by atoms with van der Waals surface area (Å²) in [6.07, 6.45) is -3.30. The number of nitrogens with zero attached hydrogens (tertiary/aromatic N) is 1. The van der Waals surface area contributed by atoms with E-state index in [1.54, 1.807) is 0 Å². The number of hydrogen-bond acceptors (Lipinski definition) is 6. The first-order valence-electron chi connectivity index (χ1n) is 9.92. The highest BCUT2D eigenvalue weighted by Crippen LogP contribution is 2.35. The van der Waals surface area contributed by atoms with Crippen LogP contribution in [0.5, 0.6) is 11.6 Å². The fraction of sp³-hybridized carbons (Fsp3) is 0.217. The fourth-order valence-electron chi connectivity index (χ4n) is 2.89. The predicted octanol–water partition coefficient (Wildman–Crippen LogP) is 5.27. The standard InChI is InChI=1S/C23H21F4N3O4/c1-32-9-10-34-20-12-15(24)4-7-18(20)30-19-11-14(23(25,26)27)3-6-17(19)22(31)29-16-5-8-21(33-2)28-13-16/h3-8,11-13,30H,9-10H2,1-2H3,(H,29,31). The molecule has 1 amide bonds. The lowest BCUT2D eigenvalue weighted by molar-refractivity contribution is -0.137. The highest BCUT2D eigenvalue weighted by Gasteiger charge is 2.31. The Morgan fingerprint density at radius 1 is 1.00 bits per heavy atom. The van der Waals surface area contributed by atoms with Gasteiger partial charge in [0.15, 0.2) is 0 Å². The van der Waals surface area contributed by atoms with Crippen LogP contribution in [0.1, 0.15) is 15.9 Å². The minimum absolute atomic E-state index is 0.0418. The first-order valence-corrected chi connectivity index (χ1v) is 9.92. The number of carbonyl (C=O) groups excluding carboxylic acids is 1. The van der Waals surface area contributed by atoms with E-state index in [2.05, 4.69) is 15.6 Å². The van der Waals surface area contributed by atoms with E-state index in [1.807, 2.05) is 0 Å². The smallest absolute Gasteiger partial charge is 0.416 e. The van der Waals surface area contributed by atoms with Crippen molar-refractivity contribution in [2.75, 3.05) is 38.1 Å². The molecule has 1 aromatic heterocycles. The average molecular weight is 479 g/mol. The monoisotopic (exact) mass is 479 g/mol. The maximum atomic E-state index is 13.8. The molecule has 2 aromatic carbocycles. The van der Waals surface area contributed by atoms with Gasteiger partial charge in [-0.1, -0.05) is 0 Å². The van der Waals surface area contributed by atoms with Crippen LogP contribution in [0.25, 0.3) is 0 Å². The zero-order valence-electron chi connectivity index (χ0n) is 18.2. The number of amides is 1. The van der Waals surface area contributed by atoms with Crippen molar-refractivity contribution in [3.63, 3.8) is 0 Å². The van der Waals surface area contributed by atoms with Gasteiger partial charge in [-0.05, 0) is 36.4 Å². The van der Waals surface area contributed by atoms with Gasteiger partial charge < -0.3 is 24.8 Å². The average Bonchev–Trinajstić information content (AvgIpc) is 2.80. The first-order chi connectivity index (χ1) is 16.2. The van der Waals surface area contributed by atoms with E-state index < -0.39 is 23.5 Å². The molecule has 0 saturated heterocycles. The lowest BCUT2D eigenvalue weighted by atomic mass is 10.1. The minimum Gasteiger partial charge on any atom is -0.489 e. The number of anilines is 3. The molecule has 3 rings (SSSR count). The number of carbonyl (C=O) groups is 1. The van der Waals surface area contributed by atoms with Crippen LogP contribution < -0.4 is 20.1 Å². The molecule has 0 radical (unpaired) electrons. The van der Waals surface area contributed by atoms with E-state index >= 15 is 0 Å². The van der Waals surface area contributed by atoms with Gasteiger partial charge in [-0.15, -0.1) is 0 Å². The van der Waals surface area contributed by atoms with Crippen LogP contribution in [0.15, 0.2) is 54.7 Å². The second-order valence-electron chi connectivity index (χ2n) is 6.91. The molecule has 0 saturated carbocycles. The van der Waals surface area contributed by atoms with Crippen molar-refractivity contribution in [1.82, 2.24) is 4.98 Å². The van der Waals surface area contributed by atoms with Gasteiger partial charge in [0.2, 0.25) is 5.88 Å². The molecule has 3 aromatic rings. The summed E-state index contributed by atoms with van der Waals surface area (Å²) in [7, 11) is 2.89. The number of nitrogens with one attached hydrogen (secondary N) is 2. The first kappa shape index (κ1) is 24.8. The molecule has 0 aliphatic carbocycles. The van der Waals surface area contributed by atoms with E-state index in [0.29, 0.717) is 11.6 Å². The van der Waals surface area contributed by atoms with Crippen molar-refractivity contribution in [1.29, 1.82) is 0 Å². The highest BCUT2D eigenvalue weighted by atomic mass is 19.4. The summed E-state index contributed by atoms with van der Waals surface area (Å²) >= 11 is 0. The Morgan fingerprint density at radius 2 is 1.79 bits per heavy atom. The van der Waals surface area contributed by atoms with Gasteiger partial charge in [0, 0.05) is 19.2 Å². The summed E-state index contributed by atoms with van der Waals surface area (Å²) < 4.78 is 69.2. The van der Waals surface area contributed by atoms with Crippen LogP contribution in [-0.2, 0) is 10.9 Å². The Morgan fingerprint density at radius 3 is 2.44 bits per heavy atom. The normalized spacial score (nSPS) is 11.1. The molecule has 0 atom stereocenters. The van der Waals surface area contributed by atoms with Crippen molar-refractivity contribution in [2.45, 2.75) is 6.18 Å². The van der Waals surface area contributed by atoms with Crippen molar-refractivity contribution in [3.05, 3.63) is 71.7 Å². The molecule has 0 aliphatic rings. The molecule has 0 bridgehead atoms. The molecule has 2 N–H and O–H groups in total. The van der Waals surface area contributed by atoms with Crippen molar-refractivity contribution in [2.24, 2.45) is 0 Å². The number of rotatable bonds is 9. The highest BCUT2D eigenvalue weighted by molar-refractivity contribution is 6.08. The zero-order valence-corrected chi connectivity index (χ0v) is 18.2. The third kappa shape index (κ3) is 6.35. The third-order valence-corrected chi connectivity index (χ3v) is 4.55. The molecule has 0 fully saturated rings. The Balaban J connectivity index is 1.95. The second-order valence-corrected chi connectivity index (χ2v) is 6.91. The van der Waals surface area contributed by atoms with Crippen LogP contribution in [-0.4, -0.2) is 38.3 Å². The van der Waals surface area contributed by atoms with Crippen molar-refractivity contribution < 1.29 is 36.6 Å². The zero-order chi connectivity index (χ0) is 24.7. The summed E-state index contributed by atoms with van der Waals surface area (Å²) in [5, 5.41) is 5.34. The predicted molar refractivity (Wildman–Crippen MR) is 117 cm³/mol. The Bertz CT molecular complexity index is 1140. The van der Waals surface area contributed by atoms with Gasteiger partial charge in [0.25, 0.3) is 5.91 Å². The molecule has 0 aliphatic heterocycles. The van der Waals surface area contributed by atoms with Gasteiger partial charge in [-0.3, -0.25) is 4.79 Å². The molecule has 34 heavy (non-hydrogen) atoms. The minimum atomic E-state index is -4.65. The van der Waals surface area contributed by atoms with E-state index in [4.69, 9.17) is 14.2 Å². The fourth-order valence-corrected chi connectivity index (χ4v) is 2.89. The van der Waals surface area contributed by atoms with Crippen LogP contribution in [0.2, 0.25) is 0 Å². The van der Waals surface area contributed by atoms with Crippen LogP contribution in [0, 0.1) is 5.82 Å². The molecule has 180 valence electrons. The van der Waals surface area contributed by atoms with Crippen LogP contribution in [0.3, 0.4) is 0 Å². The molecule has 11 heteroatoms. The maximum absolute atomic E-state index is 13.8. The lowest BCUT2D eigenvalue weighted by Crippen LogP contribution is -2.16. The Kier molecular flexibility index (Phi) is 7.90. The lowest BCUT2D eigenvalue weighted by Gasteiger charge is -2.18. The van der Waals surface area contributed by atoms with Crippen LogP contribution in [0.4, 0.5) is 34.6 Å². The van der Waals surface area contributed by atoms with Crippen LogP contribution >= 0.6 is 0 Å². The van der Waals surface area contributed by atoms with Crippen molar-refractivity contribution in [3.8, 4) is 11.6 Å². The molecular formula is C23H21F4N3O4. The topological polar surface area (TPSA) is 81.7 Å². The number of pyridine rings is 1. The number of methoxy groups -OCH3 is 2. The molecular weight excluding hydrogens is 458 g/mol. The summed E-state index contributed by atoms with van der Waals surface area (Å²) in [6.45, 7) is 0.290. The second kappa shape index (κ2) is 10.8. The number of halogens is 4. The molecule has 0 unspecified atom stereocenters. The number of benzene rings is 2. The summed E-state index contributed by atoms with van der Waals surface area (Å²) in [6, 6.07) is 9.18. The van der Waals surface area contributed by atoms with Gasteiger partial charge >= 0.3 is 6.18 Å². The van der Waals surface area contributed by atoms with E-state index in [9.17, 15) is 22.4 Å². The Labute approximate surface area is 192 Å². The van der Waals surface area contributed by atoms with Gasteiger partial charge in [0.1, 0.15) is 18.2 Å². The number of ether oxygens (including phenoxy) is 3. The van der Waals surface area contributed by atoms with Crippen molar-refractivity contribution >= 4 is 23.0 Å². The van der Waals surface area contributed by atoms with Gasteiger partial charge in [0.05, 0.1) is 48.1 Å². The maximum Gasteiger partial charge on any atom is 0.416 e. The number of aromatic nitrogens is 1. The summed E-state index contributed by atoms with van der Waals surface area (Å²) in [5.41, 5.74) is -0.742. The Hall–Kier alpha value is -3.86. The number of hydrogen-bond donors (Lipinski definition) is 2. The third-order valence-electron chi connectivity index (χ3n) is 4.55. The molecule has 0 spiro atoms. The summed E-state index contributed by atoms with van der Waals surface area (Å²) in [4.78, 5) is 16.9. The number of alkyl halides is 3. The SMILES string of the molecule is COCCOc1cc(F)ccc1Nc1cc(C(F)(F)F)ccc1C(=O)Nc1ccc(OC)nc1. The molecule has 1 heterocycles. The quantitative estimate of drug-likeness (QED) is 0.322. The van der Waals surface area contributed by atoms with E-state index in [1.165, 1.54) is 38.6 Å². The van der Waals surface area contributed by atoms with E-state index in [-0.39, 0.29) is 35.9 Å². The van der Waals surface area contributed by atoms with Gasteiger partial charge in [-0.2, -0.15) is 13.2 Å². The van der Waals surface area contributed by atoms with E-state index in [0.717, 1.165) is 30.3 Å². The van der Waals surface area contributed by atoms with Gasteiger partial charge in [-0.25, -0.2) is 9.37 Å².